The van der Waals surface area contributed by atoms with Crippen molar-refractivity contribution in [2.24, 2.45) is 0 Å². The topological polar surface area (TPSA) is 46.5 Å². The first kappa shape index (κ1) is 12.9. The predicted octanol–water partition coefficient (Wildman–Crippen LogP) is 4.51. The molecule has 18 heavy (non-hydrogen) atoms. The highest BCUT2D eigenvalue weighted by Gasteiger charge is 2.11. The normalized spacial score (nSPS) is 10.4. The second kappa shape index (κ2) is 5.00. The zero-order valence-corrected chi connectivity index (χ0v) is 11.4. The molecule has 2 aromatic rings. The van der Waals surface area contributed by atoms with Crippen molar-refractivity contribution < 1.29 is 14.6 Å². The zero-order chi connectivity index (χ0) is 13.3. The summed E-state index contributed by atoms with van der Waals surface area (Å²) in [5.74, 6) is 0.305. The van der Waals surface area contributed by atoms with Gasteiger partial charge in [0.1, 0.15) is 16.4 Å². The Morgan fingerprint density at radius 3 is 2.39 bits per heavy atom. The van der Waals surface area contributed by atoms with Crippen molar-refractivity contribution in [3.8, 4) is 11.5 Å². The molecule has 1 aromatic heterocycles. The summed E-state index contributed by atoms with van der Waals surface area (Å²) in [6, 6.07) is 5.14. The smallest absolute Gasteiger partial charge is 0.346 e. The van der Waals surface area contributed by atoms with E-state index in [1.807, 2.05) is 26.0 Å². The maximum Gasteiger partial charge on any atom is 0.346 e. The van der Waals surface area contributed by atoms with Crippen LogP contribution >= 0.6 is 22.9 Å². The molecule has 0 saturated heterocycles. The van der Waals surface area contributed by atoms with Crippen molar-refractivity contribution in [3.05, 3.63) is 44.6 Å². The van der Waals surface area contributed by atoms with Crippen molar-refractivity contribution in [1.29, 1.82) is 0 Å². The van der Waals surface area contributed by atoms with Crippen LogP contribution in [0.3, 0.4) is 0 Å². The van der Waals surface area contributed by atoms with Crippen LogP contribution in [0.2, 0.25) is 5.02 Å². The van der Waals surface area contributed by atoms with Crippen LogP contribution in [0.15, 0.2) is 23.6 Å². The van der Waals surface area contributed by atoms with Crippen molar-refractivity contribution in [2.75, 3.05) is 0 Å². The van der Waals surface area contributed by atoms with E-state index >= 15 is 0 Å². The molecule has 5 heteroatoms. The number of carboxylic acid groups (broad SMARTS) is 1. The summed E-state index contributed by atoms with van der Waals surface area (Å²) < 4.78 is 5.71. The molecule has 0 fully saturated rings. The van der Waals surface area contributed by atoms with E-state index in [9.17, 15) is 4.79 Å². The van der Waals surface area contributed by atoms with Gasteiger partial charge in [0.2, 0.25) is 0 Å². The monoisotopic (exact) mass is 282 g/mol. The number of thiophene rings is 1. The van der Waals surface area contributed by atoms with Crippen LogP contribution in [0.25, 0.3) is 0 Å². The summed E-state index contributed by atoms with van der Waals surface area (Å²) in [6.07, 6.45) is 0. The lowest BCUT2D eigenvalue weighted by Crippen LogP contribution is -1.92. The molecule has 0 aliphatic heterocycles. The molecular weight excluding hydrogens is 272 g/mol. The lowest BCUT2D eigenvalue weighted by molar-refractivity contribution is 0.0702. The quantitative estimate of drug-likeness (QED) is 0.901. The van der Waals surface area contributed by atoms with E-state index < -0.39 is 5.97 Å². The number of aromatic carboxylic acids is 1. The third-order valence-electron chi connectivity index (χ3n) is 2.43. The van der Waals surface area contributed by atoms with Gasteiger partial charge in [-0.1, -0.05) is 11.6 Å². The van der Waals surface area contributed by atoms with Crippen molar-refractivity contribution in [2.45, 2.75) is 13.8 Å². The second-order valence-corrected chi connectivity index (χ2v) is 5.27. The first-order valence-electron chi connectivity index (χ1n) is 5.24. The SMILES string of the molecule is Cc1cc(Cl)cc(C)c1Oc1csc(C(=O)O)c1. The van der Waals surface area contributed by atoms with Crippen LogP contribution in [0.1, 0.15) is 20.8 Å². The number of ether oxygens (including phenoxy) is 1. The summed E-state index contributed by atoms with van der Waals surface area (Å²) in [7, 11) is 0. The number of hydrogen-bond acceptors (Lipinski definition) is 3. The Morgan fingerprint density at radius 1 is 1.28 bits per heavy atom. The molecule has 0 bridgehead atoms. The van der Waals surface area contributed by atoms with E-state index in [2.05, 4.69) is 0 Å². The fourth-order valence-electron chi connectivity index (χ4n) is 1.66. The first-order valence-corrected chi connectivity index (χ1v) is 6.49. The average molecular weight is 283 g/mol. The second-order valence-electron chi connectivity index (χ2n) is 3.92. The van der Waals surface area contributed by atoms with Gasteiger partial charge in [-0.2, -0.15) is 0 Å². The minimum absolute atomic E-state index is 0.259. The molecule has 0 aliphatic carbocycles. The van der Waals surface area contributed by atoms with E-state index in [4.69, 9.17) is 21.4 Å². The molecule has 0 spiro atoms. The standard InChI is InChI=1S/C13H11ClO3S/c1-7-3-9(14)4-8(2)12(7)17-10-5-11(13(15)16)18-6-10/h3-6H,1-2H3,(H,15,16). The molecule has 1 aromatic carbocycles. The lowest BCUT2D eigenvalue weighted by Gasteiger charge is -2.10. The van der Waals surface area contributed by atoms with E-state index in [-0.39, 0.29) is 4.88 Å². The van der Waals surface area contributed by atoms with Gasteiger partial charge in [0, 0.05) is 16.5 Å². The van der Waals surface area contributed by atoms with E-state index in [0.29, 0.717) is 16.5 Å². The molecule has 0 atom stereocenters. The van der Waals surface area contributed by atoms with Crippen LogP contribution in [-0.2, 0) is 0 Å². The number of benzene rings is 1. The fraction of sp³-hybridized carbons (Fsp3) is 0.154. The van der Waals surface area contributed by atoms with Gasteiger partial charge in [-0.3, -0.25) is 0 Å². The fourth-order valence-corrected chi connectivity index (χ4v) is 2.63. The molecule has 0 aliphatic rings. The number of aryl methyl sites for hydroxylation is 2. The average Bonchev–Trinajstić information content (AvgIpc) is 2.71. The number of hydrogen-bond donors (Lipinski definition) is 1. The van der Waals surface area contributed by atoms with Crippen LogP contribution in [-0.4, -0.2) is 11.1 Å². The Labute approximate surface area is 114 Å². The number of carbonyl (C=O) groups is 1. The third kappa shape index (κ3) is 2.66. The number of carboxylic acids is 1. The lowest BCUT2D eigenvalue weighted by atomic mass is 10.1. The molecule has 0 unspecified atom stereocenters. The summed E-state index contributed by atoms with van der Waals surface area (Å²) in [5.41, 5.74) is 1.84. The molecular formula is C13H11ClO3S. The third-order valence-corrected chi connectivity index (χ3v) is 3.55. The van der Waals surface area contributed by atoms with Crippen molar-refractivity contribution in [1.82, 2.24) is 0 Å². The Kier molecular flexibility index (Phi) is 3.59. The highest BCUT2D eigenvalue weighted by molar-refractivity contribution is 7.12. The van der Waals surface area contributed by atoms with Gasteiger partial charge in [-0.15, -0.1) is 11.3 Å². The molecule has 94 valence electrons. The maximum absolute atomic E-state index is 10.8. The summed E-state index contributed by atoms with van der Waals surface area (Å²) in [5, 5.41) is 11.2. The summed E-state index contributed by atoms with van der Waals surface area (Å²) >= 11 is 7.08. The molecule has 1 heterocycles. The van der Waals surface area contributed by atoms with E-state index in [0.717, 1.165) is 22.5 Å². The molecule has 2 rings (SSSR count). The van der Waals surface area contributed by atoms with Crippen LogP contribution < -0.4 is 4.74 Å². The molecule has 0 amide bonds. The number of halogens is 1. The van der Waals surface area contributed by atoms with Gasteiger partial charge >= 0.3 is 5.97 Å². The summed E-state index contributed by atoms with van der Waals surface area (Å²) in [6.45, 7) is 3.80. The van der Waals surface area contributed by atoms with Gasteiger partial charge in [-0.05, 0) is 37.1 Å². The van der Waals surface area contributed by atoms with E-state index in [1.54, 1.807) is 5.38 Å². The van der Waals surface area contributed by atoms with Crippen LogP contribution in [0, 0.1) is 13.8 Å². The predicted molar refractivity (Wildman–Crippen MR) is 72.3 cm³/mol. The van der Waals surface area contributed by atoms with Crippen LogP contribution in [0.4, 0.5) is 0 Å². The highest BCUT2D eigenvalue weighted by Crippen LogP contribution is 2.33. The molecule has 0 radical (unpaired) electrons. The minimum Gasteiger partial charge on any atom is -0.477 e. The van der Waals surface area contributed by atoms with Crippen molar-refractivity contribution >= 4 is 28.9 Å². The largest absolute Gasteiger partial charge is 0.477 e. The van der Waals surface area contributed by atoms with Gasteiger partial charge in [0.15, 0.2) is 0 Å². The maximum atomic E-state index is 10.8. The molecule has 1 N–H and O–H groups in total. The Morgan fingerprint density at radius 2 is 1.89 bits per heavy atom. The van der Waals surface area contributed by atoms with Gasteiger partial charge in [-0.25, -0.2) is 4.79 Å². The summed E-state index contributed by atoms with van der Waals surface area (Å²) in [4.78, 5) is 11.0. The van der Waals surface area contributed by atoms with Gasteiger partial charge in [0.05, 0.1) is 0 Å². The van der Waals surface area contributed by atoms with Gasteiger partial charge in [0.25, 0.3) is 0 Å². The van der Waals surface area contributed by atoms with Gasteiger partial charge < -0.3 is 9.84 Å². The molecule has 3 nitrogen and oxygen atoms in total. The highest BCUT2D eigenvalue weighted by atomic mass is 35.5. The number of rotatable bonds is 3. The Hall–Kier alpha value is -1.52. The van der Waals surface area contributed by atoms with Crippen molar-refractivity contribution in [3.63, 3.8) is 0 Å². The molecule has 0 saturated carbocycles. The zero-order valence-electron chi connectivity index (χ0n) is 9.86. The first-order chi connectivity index (χ1) is 8.47. The Balaban J connectivity index is 2.31. The Bertz CT molecular complexity index is 581. The minimum atomic E-state index is -0.945. The van der Waals surface area contributed by atoms with E-state index in [1.165, 1.54) is 6.07 Å². The van der Waals surface area contributed by atoms with Crippen LogP contribution in [0.5, 0.6) is 11.5 Å².